The van der Waals surface area contributed by atoms with Gasteiger partial charge in [-0.3, -0.25) is 4.79 Å². The topological polar surface area (TPSA) is 32.3 Å². The fraction of sp³-hybridized carbons (Fsp3) is 0.611. The fourth-order valence-electron chi connectivity index (χ4n) is 3.30. The van der Waals surface area contributed by atoms with Crippen molar-refractivity contribution < 1.29 is 13.6 Å². The molecule has 0 bridgehead atoms. The lowest BCUT2D eigenvalue weighted by Gasteiger charge is -2.29. The Labute approximate surface area is 148 Å². The molecule has 1 aromatic carbocycles. The van der Waals surface area contributed by atoms with E-state index in [1.165, 1.54) is 31.0 Å². The molecule has 0 aliphatic heterocycles. The predicted molar refractivity (Wildman–Crippen MR) is 92.0 cm³/mol. The van der Waals surface area contributed by atoms with Crippen molar-refractivity contribution in [3.63, 3.8) is 0 Å². The van der Waals surface area contributed by atoms with Crippen LogP contribution in [0.25, 0.3) is 0 Å². The van der Waals surface area contributed by atoms with Crippen LogP contribution in [0, 0.1) is 17.6 Å². The van der Waals surface area contributed by atoms with Gasteiger partial charge in [-0.2, -0.15) is 0 Å². The number of nitrogens with one attached hydrogen (secondary N) is 1. The molecule has 1 amide bonds. The van der Waals surface area contributed by atoms with Crippen molar-refractivity contribution in [2.45, 2.75) is 51.1 Å². The third kappa shape index (κ3) is 4.90. The summed E-state index contributed by atoms with van der Waals surface area (Å²) in [4.78, 5) is 14.3. The van der Waals surface area contributed by atoms with Crippen molar-refractivity contribution in [2.24, 2.45) is 5.92 Å². The van der Waals surface area contributed by atoms with Gasteiger partial charge in [0, 0.05) is 11.6 Å². The maximum atomic E-state index is 13.9. The number of nitrogens with zero attached hydrogens (tertiary/aromatic N) is 1. The molecule has 3 nitrogen and oxygen atoms in total. The zero-order valence-corrected chi connectivity index (χ0v) is 14.6. The van der Waals surface area contributed by atoms with Crippen molar-refractivity contribution in [1.82, 2.24) is 10.2 Å². The lowest BCUT2D eigenvalue weighted by atomic mass is 10.1. The minimum absolute atomic E-state index is 0. The molecule has 0 heterocycles. The second-order valence-electron chi connectivity index (χ2n) is 6.73. The van der Waals surface area contributed by atoms with Gasteiger partial charge in [0.2, 0.25) is 5.91 Å². The van der Waals surface area contributed by atoms with Crippen molar-refractivity contribution in [1.29, 1.82) is 0 Å². The normalized spacial score (nSPS) is 17.6. The second kappa shape index (κ2) is 8.77. The van der Waals surface area contributed by atoms with Gasteiger partial charge in [-0.15, -0.1) is 12.4 Å². The van der Waals surface area contributed by atoms with E-state index in [1.54, 1.807) is 4.90 Å². The van der Waals surface area contributed by atoms with Gasteiger partial charge in [0.05, 0.1) is 13.1 Å². The van der Waals surface area contributed by atoms with Gasteiger partial charge in [-0.05, 0) is 50.3 Å². The van der Waals surface area contributed by atoms with E-state index in [9.17, 15) is 13.6 Å². The van der Waals surface area contributed by atoms with Crippen LogP contribution in [-0.4, -0.2) is 29.9 Å². The minimum Gasteiger partial charge on any atom is -0.334 e. The molecule has 0 spiro atoms. The zero-order chi connectivity index (χ0) is 16.2. The van der Waals surface area contributed by atoms with Crippen molar-refractivity contribution in [3.8, 4) is 0 Å². The second-order valence-corrected chi connectivity index (χ2v) is 6.73. The Morgan fingerprint density at radius 2 is 1.75 bits per heavy atom. The third-order valence-corrected chi connectivity index (χ3v) is 4.88. The quantitative estimate of drug-likeness (QED) is 0.806. The van der Waals surface area contributed by atoms with E-state index in [-0.39, 0.29) is 43.0 Å². The van der Waals surface area contributed by atoms with Crippen LogP contribution in [0.1, 0.15) is 44.1 Å². The molecular weight excluding hydrogens is 334 g/mol. The van der Waals surface area contributed by atoms with Gasteiger partial charge in [0.25, 0.3) is 0 Å². The van der Waals surface area contributed by atoms with E-state index in [4.69, 9.17) is 0 Å². The van der Waals surface area contributed by atoms with Crippen LogP contribution in [0.15, 0.2) is 18.2 Å². The molecule has 0 aromatic heterocycles. The van der Waals surface area contributed by atoms with Crippen LogP contribution in [0.3, 0.4) is 0 Å². The summed E-state index contributed by atoms with van der Waals surface area (Å²) in [6.45, 7) is 1.13. The summed E-state index contributed by atoms with van der Waals surface area (Å²) in [5.74, 6) is -0.509. The van der Waals surface area contributed by atoms with Crippen LogP contribution in [-0.2, 0) is 11.3 Å². The molecule has 2 aliphatic rings. The maximum absolute atomic E-state index is 13.9. The summed E-state index contributed by atoms with van der Waals surface area (Å²) >= 11 is 0. The highest BCUT2D eigenvalue weighted by Gasteiger charge is 2.28. The average molecular weight is 359 g/mol. The summed E-state index contributed by atoms with van der Waals surface area (Å²) in [6.07, 6.45) is 6.45. The number of carbonyl (C=O) groups excluding carboxylic acids is 1. The lowest BCUT2D eigenvalue weighted by molar-refractivity contribution is -0.133. The molecule has 3 rings (SSSR count). The van der Waals surface area contributed by atoms with Crippen LogP contribution in [0.4, 0.5) is 8.78 Å². The SMILES string of the molecule is Cl.O=C(CNCC1CC1)N(Cc1c(F)cccc1F)C1CCCC1. The summed E-state index contributed by atoms with van der Waals surface area (Å²) in [5, 5.41) is 3.19. The van der Waals surface area contributed by atoms with E-state index < -0.39 is 11.6 Å². The first kappa shape index (κ1) is 19.1. The molecule has 1 aromatic rings. The Bertz CT molecular complexity index is 540. The number of hydrogen-bond acceptors (Lipinski definition) is 2. The highest BCUT2D eigenvalue weighted by Crippen LogP contribution is 2.28. The van der Waals surface area contributed by atoms with Gasteiger partial charge in [-0.25, -0.2) is 8.78 Å². The van der Waals surface area contributed by atoms with E-state index in [2.05, 4.69) is 5.32 Å². The molecule has 2 fully saturated rings. The average Bonchev–Trinajstić information content (AvgIpc) is 3.19. The Kier molecular flexibility index (Phi) is 6.99. The monoisotopic (exact) mass is 358 g/mol. The van der Waals surface area contributed by atoms with Crippen LogP contribution in [0.5, 0.6) is 0 Å². The molecule has 0 unspecified atom stereocenters. The molecule has 2 saturated carbocycles. The van der Waals surface area contributed by atoms with Gasteiger partial charge in [-0.1, -0.05) is 18.9 Å². The van der Waals surface area contributed by atoms with Crippen molar-refractivity contribution in [2.75, 3.05) is 13.1 Å². The molecular formula is C18H25ClF2N2O. The smallest absolute Gasteiger partial charge is 0.237 e. The van der Waals surface area contributed by atoms with Crippen LogP contribution < -0.4 is 5.32 Å². The standard InChI is InChI=1S/C18H24F2N2O.ClH/c19-16-6-3-7-17(20)15(16)12-22(14-4-1-2-5-14)18(23)11-21-10-13-8-9-13;/h3,6-7,13-14,21H,1-2,4-5,8-12H2;1H. The summed E-state index contributed by atoms with van der Waals surface area (Å²) < 4.78 is 27.9. The van der Waals surface area contributed by atoms with Crippen LogP contribution >= 0.6 is 12.4 Å². The predicted octanol–water partition coefficient (Wildman–Crippen LogP) is 3.66. The molecule has 6 heteroatoms. The summed E-state index contributed by atoms with van der Waals surface area (Å²) in [7, 11) is 0. The number of rotatable bonds is 7. The first-order chi connectivity index (χ1) is 11.1. The van der Waals surface area contributed by atoms with E-state index in [0.29, 0.717) is 5.92 Å². The van der Waals surface area contributed by atoms with Gasteiger partial charge >= 0.3 is 0 Å². The first-order valence-electron chi connectivity index (χ1n) is 8.58. The summed E-state index contributed by atoms with van der Waals surface area (Å²) in [6, 6.07) is 3.96. The van der Waals surface area contributed by atoms with Gasteiger partial charge in [0.15, 0.2) is 0 Å². The third-order valence-electron chi connectivity index (χ3n) is 4.88. The number of amides is 1. The number of halogens is 3. The molecule has 2 aliphatic carbocycles. The lowest BCUT2D eigenvalue weighted by Crippen LogP contribution is -2.43. The van der Waals surface area contributed by atoms with E-state index in [1.807, 2.05) is 0 Å². The van der Waals surface area contributed by atoms with Gasteiger partial charge in [0.1, 0.15) is 11.6 Å². The largest absolute Gasteiger partial charge is 0.334 e. The Morgan fingerprint density at radius 1 is 1.12 bits per heavy atom. The Balaban J connectivity index is 0.00000208. The molecule has 24 heavy (non-hydrogen) atoms. The summed E-state index contributed by atoms with van der Waals surface area (Å²) in [5.41, 5.74) is -0.00468. The Hall–Kier alpha value is -1.20. The van der Waals surface area contributed by atoms with E-state index >= 15 is 0 Å². The molecule has 0 radical (unpaired) electrons. The van der Waals surface area contributed by atoms with Crippen LogP contribution in [0.2, 0.25) is 0 Å². The minimum atomic E-state index is -0.577. The van der Waals surface area contributed by atoms with Crippen molar-refractivity contribution >= 4 is 18.3 Å². The molecule has 134 valence electrons. The number of hydrogen-bond donors (Lipinski definition) is 1. The highest BCUT2D eigenvalue weighted by atomic mass is 35.5. The number of carbonyl (C=O) groups is 1. The van der Waals surface area contributed by atoms with Crippen molar-refractivity contribution in [3.05, 3.63) is 35.4 Å². The maximum Gasteiger partial charge on any atom is 0.237 e. The van der Waals surface area contributed by atoms with E-state index in [0.717, 1.165) is 32.2 Å². The first-order valence-corrected chi connectivity index (χ1v) is 8.58. The molecule has 1 N–H and O–H groups in total. The highest BCUT2D eigenvalue weighted by molar-refractivity contribution is 5.85. The fourth-order valence-corrected chi connectivity index (χ4v) is 3.30. The zero-order valence-electron chi connectivity index (χ0n) is 13.8. The molecule has 0 saturated heterocycles. The Morgan fingerprint density at radius 3 is 2.33 bits per heavy atom. The molecule has 0 atom stereocenters. The van der Waals surface area contributed by atoms with Gasteiger partial charge < -0.3 is 10.2 Å². The number of benzene rings is 1.